The second kappa shape index (κ2) is 5.24. The van der Waals surface area contributed by atoms with Crippen LogP contribution in [0.2, 0.25) is 0 Å². The molecule has 6 nitrogen and oxygen atoms in total. The standard InChI is InChI=1S/C20H13N5OS2/c1-9-7-8-10(2)15-14(9)25-18(26)13-16(21)24-11-5-3-4-6-12(11)27-19(24)22-17(13)23-20(25)28-15/h3-8,21H,1-2H3. The molecule has 8 heteroatoms. The minimum absolute atomic E-state index is 0.133. The fraction of sp³-hybridized carbons (Fsp3) is 0.100. The summed E-state index contributed by atoms with van der Waals surface area (Å²) in [5, 5.41) is 9.03. The van der Waals surface area contributed by atoms with Crippen molar-refractivity contribution < 1.29 is 0 Å². The van der Waals surface area contributed by atoms with Crippen molar-refractivity contribution in [1.29, 1.82) is 5.41 Å². The molecule has 0 aliphatic rings. The van der Waals surface area contributed by atoms with E-state index < -0.39 is 0 Å². The lowest BCUT2D eigenvalue weighted by molar-refractivity contribution is 1.03. The molecule has 6 rings (SSSR count). The van der Waals surface area contributed by atoms with E-state index in [9.17, 15) is 4.79 Å². The van der Waals surface area contributed by atoms with E-state index in [4.69, 9.17) is 5.41 Å². The molecule has 0 aliphatic carbocycles. The molecule has 0 saturated carbocycles. The molecule has 0 amide bonds. The summed E-state index contributed by atoms with van der Waals surface area (Å²) in [5.74, 6) is 0. The Morgan fingerprint density at radius 2 is 1.64 bits per heavy atom. The van der Waals surface area contributed by atoms with Crippen LogP contribution in [0.1, 0.15) is 11.1 Å². The van der Waals surface area contributed by atoms with E-state index in [1.165, 1.54) is 22.7 Å². The number of nitrogens with zero attached hydrogens (tertiary/aromatic N) is 4. The summed E-state index contributed by atoms with van der Waals surface area (Å²) in [6.07, 6.45) is 0. The molecule has 28 heavy (non-hydrogen) atoms. The van der Waals surface area contributed by atoms with Crippen LogP contribution in [0.25, 0.3) is 41.4 Å². The highest BCUT2D eigenvalue weighted by molar-refractivity contribution is 7.24. The quantitative estimate of drug-likeness (QED) is 0.416. The molecule has 0 aliphatic heterocycles. The van der Waals surface area contributed by atoms with Crippen LogP contribution in [0.15, 0.2) is 41.2 Å². The lowest BCUT2D eigenvalue weighted by atomic mass is 10.1. The van der Waals surface area contributed by atoms with Gasteiger partial charge in [-0.05, 0) is 37.1 Å². The molecule has 6 aromatic rings. The van der Waals surface area contributed by atoms with Crippen LogP contribution in [0.4, 0.5) is 0 Å². The molecular formula is C20H13N5OS2. The average Bonchev–Trinajstić information content (AvgIpc) is 3.24. The number of aromatic nitrogens is 4. The van der Waals surface area contributed by atoms with Gasteiger partial charge in [-0.25, -0.2) is 4.40 Å². The number of nitrogens with one attached hydrogen (secondary N) is 1. The van der Waals surface area contributed by atoms with E-state index >= 15 is 0 Å². The summed E-state index contributed by atoms with van der Waals surface area (Å²) in [7, 11) is 0. The molecular weight excluding hydrogens is 390 g/mol. The molecule has 136 valence electrons. The van der Waals surface area contributed by atoms with Crippen molar-refractivity contribution in [3.8, 4) is 0 Å². The Hall–Kier alpha value is -3.10. The highest BCUT2D eigenvalue weighted by atomic mass is 32.1. The molecule has 0 atom stereocenters. The van der Waals surface area contributed by atoms with E-state index in [1.54, 1.807) is 8.80 Å². The van der Waals surface area contributed by atoms with E-state index in [2.05, 4.69) is 16.0 Å². The Balaban J connectivity index is 1.93. The van der Waals surface area contributed by atoms with Crippen LogP contribution in [0.5, 0.6) is 0 Å². The first-order chi connectivity index (χ1) is 13.5. The largest absolute Gasteiger partial charge is 0.283 e. The van der Waals surface area contributed by atoms with Gasteiger partial charge in [-0.1, -0.05) is 46.9 Å². The van der Waals surface area contributed by atoms with Crippen LogP contribution in [0.3, 0.4) is 0 Å². The Labute approximate surface area is 165 Å². The van der Waals surface area contributed by atoms with Gasteiger partial charge in [-0.2, -0.15) is 9.97 Å². The van der Waals surface area contributed by atoms with Gasteiger partial charge in [0.1, 0.15) is 10.9 Å². The van der Waals surface area contributed by atoms with Gasteiger partial charge in [0.15, 0.2) is 15.6 Å². The summed E-state index contributed by atoms with van der Waals surface area (Å²) in [5.41, 5.74) is 4.12. The molecule has 0 bridgehead atoms. The van der Waals surface area contributed by atoms with Crippen molar-refractivity contribution in [2.45, 2.75) is 13.8 Å². The number of fused-ring (bicyclic) bond motifs is 7. The Morgan fingerprint density at radius 1 is 0.929 bits per heavy atom. The highest BCUT2D eigenvalue weighted by Gasteiger charge is 2.18. The summed E-state index contributed by atoms with van der Waals surface area (Å²) in [6, 6.07) is 11.9. The first kappa shape index (κ1) is 15.9. The van der Waals surface area contributed by atoms with Crippen molar-refractivity contribution in [2.75, 3.05) is 0 Å². The number of benzene rings is 2. The van der Waals surface area contributed by atoms with Crippen LogP contribution < -0.4 is 11.0 Å². The topological polar surface area (TPSA) is 75.5 Å². The molecule has 0 saturated heterocycles. The Morgan fingerprint density at radius 3 is 2.46 bits per heavy atom. The molecule has 0 radical (unpaired) electrons. The first-order valence-corrected chi connectivity index (χ1v) is 10.4. The number of aryl methyl sites for hydroxylation is 2. The van der Waals surface area contributed by atoms with Crippen molar-refractivity contribution in [3.63, 3.8) is 0 Å². The van der Waals surface area contributed by atoms with E-state index in [1.807, 2.05) is 44.2 Å². The van der Waals surface area contributed by atoms with Crippen LogP contribution in [-0.4, -0.2) is 18.8 Å². The summed E-state index contributed by atoms with van der Waals surface area (Å²) in [6.45, 7) is 4.03. The number of thiazole rings is 2. The second-order valence-corrected chi connectivity index (χ2v) is 8.85. The van der Waals surface area contributed by atoms with Crippen molar-refractivity contribution in [1.82, 2.24) is 18.8 Å². The van der Waals surface area contributed by atoms with Gasteiger partial charge in [-0.15, -0.1) is 0 Å². The minimum Gasteiger partial charge on any atom is -0.283 e. The van der Waals surface area contributed by atoms with Crippen molar-refractivity contribution in [3.05, 3.63) is 63.4 Å². The van der Waals surface area contributed by atoms with Crippen LogP contribution >= 0.6 is 22.7 Å². The average molecular weight is 403 g/mol. The lowest BCUT2D eigenvalue weighted by Crippen LogP contribution is -2.25. The maximum absolute atomic E-state index is 13.5. The van der Waals surface area contributed by atoms with Crippen LogP contribution in [0, 0.1) is 19.3 Å². The maximum Gasteiger partial charge on any atom is 0.272 e. The molecule has 4 aromatic heterocycles. The molecule has 0 fully saturated rings. The predicted molar refractivity (Wildman–Crippen MR) is 114 cm³/mol. The predicted octanol–water partition coefficient (Wildman–Crippen LogP) is 4.02. The molecule has 0 spiro atoms. The summed E-state index contributed by atoms with van der Waals surface area (Å²) < 4.78 is 5.46. The molecule has 2 aromatic carbocycles. The lowest BCUT2D eigenvalue weighted by Gasteiger charge is -2.03. The Kier molecular flexibility index (Phi) is 2.98. The van der Waals surface area contributed by atoms with Crippen molar-refractivity contribution in [2.24, 2.45) is 0 Å². The van der Waals surface area contributed by atoms with Gasteiger partial charge < -0.3 is 0 Å². The third-order valence-electron chi connectivity index (χ3n) is 5.14. The number of rotatable bonds is 0. The Bertz CT molecular complexity index is 1740. The van der Waals surface area contributed by atoms with E-state index in [0.717, 1.165) is 31.6 Å². The summed E-state index contributed by atoms with van der Waals surface area (Å²) >= 11 is 2.99. The van der Waals surface area contributed by atoms with Gasteiger partial charge in [0.05, 0.1) is 20.4 Å². The molecule has 0 unspecified atom stereocenters. The highest BCUT2D eigenvalue weighted by Crippen LogP contribution is 2.30. The zero-order valence-electron chi connectivity index (χ0n) is 15.0. The zero-order chi connectivity index (χ0) is 19.2. The normalized spacial score (nSPS) is 12.2. The van der Waals surface area contributed by atoms with Gasteiger partial charge in [0, 0.05) is 0 Å². The molecule has 1 N–H and O–H groups in total. The van der Waals surface area contributed by atoms with E-state index in [-0.39, 0.29) is 16.4 Å². The van der Waals surface area contributed by atoms with Crippen LogP contribution in [-0.2, 0) is 0 Å². The van der Waals surface area contributed by atoms with Gasteiger partial charge in [-0.3, -0.25) is 14.6 Å². The number of hydrogen-bond acceptors (Lipinski definition) is 6. The van der Waals surface area contributed by atoms with E-state index in [0.29, 0.717) is 15.6 Å². The van der Waals surface area contributed by atoms with Gasteiger partial charge in [0.2, 0.25) is 0 Å². The summed E-state index contributed by atoms with van der Waals surface area (Å²) in [4.78, 5) is 24.1. The smallest absolute Gasteiger partial charge is 0.272 e. The fourth-order valence-corrected chi connectivity index (χ4v) is 5.96. The van der Waals surface area contributed by atoms with Gasteiger partial charge >= 0.3 is 0 Å². The number of hydrogen-bond donors (Lipinski definition) is 1. The zero-order valence-corrected chi connectivity index (χ0v) is 16.6. The van der Waals surface area contributed by atoms with Gasteiger partial charge in [0.25, 0.3) is 5.56 Å². The number of para-hydroxylation sites is 1. The second-order valence-electron chi connectivity index (χ2n) is 6.86. The SMILES string of the molecule is Cc1ccc(C)c2c1sc1nc3nc4sc5ccccc5n4c(=N)c3c(=O)n12. The maximum atomic E-state index is 13.5. The molecule has 4 heterocycles. The third kappa shape index (κ3) is 1.86. The minimum atomic E-state index is -0.234. The fourth-order valence-electron chi connectivity index (χ4n) is 3.78. The third-order valence-corrected chi connectivity index (χ3v) is 7.34. The monoisotopic (exact) mass is 403 g/mol. The van der Waals surface area contributed by atoms with Crippen molar-refractivity contribution >= 4 is 64.1 Å². The first-order valence-electron chi connectivity index (χ1n) is 8.74.